The van der Waals surface area contributed by atoms with Crippen LogP contribution < -0.4 is 4.74 Å². The minimum absolute atomic E-state index is 0.0590. The van der Waals surface area contributed by atoms with E-state index in [1.54, 1.807) is 13.2 Å². The normalized spacial score (nSPS) is 35.2. The molecule has 0 aromatic heterocycles. The molecule has 0 amide bonds. The van der Waals surface area contributed by atoms with Crippen LogP contribution in [0.4, 0.5) is 0 Å². The van der Waals surface area contributed by atoms with Crippen molar-refractivity contribution in [2.45, 2.75) is 89.4 Å². The van der Waals surface area contributed by atoms with Gasteiger partial charge in [-0.2, -0.15) is 0 Å². The Hall–Kier alpha value is -2.88. The second kappa shape index (κ2) is 9.31. The van der Waals surface area contributed by atoms with E-state index in [0.29, 0.717) is 29.1 Å². The van der Waals surface area contributed by atoms with E-state index in [1.165, 1.54) is 85.6 Å². The highest BCUT2D eigenvalue weighted by Crippen LogP contribution is 2.73. The van der Waals surface area contributed by atoms with Gasteiger partial charge in [0, 0.05) is 28.7 Å². The minimum atomic E-state index is -0.876. The first-order valence-corrected chi connectivity index (χ1v) is 16.2. The van der Waals surface area contributed by atoms with Gasteiger partial charge in [0.1, 0.15) is 11.5 Å². The standard InChI is InChI=1S/C37H42O4/c1-20-15-22-11-12-23(16-20)31(22)35(38)37-18-28-27-17-24(36(39)40)13-14-25(27)32(21-7-4-3-5-8-21)33(28)26-9-6-10-30(41-2)34(26)29(37)19-37/h6,9-10,13-14,17,20-23,28-29,31H,3-5,7-8,11-12,15-16,18-19H2,1-2H3,(H,39,40). The zero-order chi connectivity index (χ0) is 28.0. The maximum Gasteiger partial charge on any atom is 0.335 e. The van der Waals surface area contributed by atoms with Crippen molar-refractivity contribution in [2.75, 3.05) is 7.11 Å². The van der Waals surface area contributed by atoms with E-state index in [0.717, 1.165) is 30.1 Å². The summed E-state index contributed by atoms with van der Waals surface area (Å²) in [6, 6.07) is 12.3. The fraction of sp³-hybridized carbons (Fsp3) is 0.568. The van der Waals surface area contributed by atoms with Crippen LogP contribution in [0, 0.1) is 35.0 Å². The van der Waals surface area contributed by atoms with Gasteiger partial charge in [0.05, 0.1) is 12.7 Å². The molecule has 0 radical (unpaired) electrons. The number of carboxylic acids is 1. The minimum Gasteiger partial charge on any atom is -0.496 e. The number of ketones is 1. The number of benzene rings is 2. The summed E-state index contributed by atoms with van der Waals surface area (Å²) in [5, 5.41) is 9.98. The van der Waals surface area contributed by atoms with Crippen LogP contribution in [0.2, 0.25) is 0 Å². The van der Waals surface area contributed by atoms with Gasteiger partial charge in [-0.3, -0.25) is 4.79 Å². The van der Waals surface area contributed by atoms with Crippen LogP contribution in [-0.4, -0.2) is 24.0 Å². The lowest BCUT2D eigenvalue weighted by Gasteiger charge is -2.36. The monoisotopic (exact) mass is 550 g/mol. The van der Waals surface area contributed by atoms with E-state index >= 15 is 0 Å². The Morgan fingerprint density at radius 1 is 0.902 bits per heavy atom. The highest BCUT2D eigenvalue weighted by Gasteiger charge is 2.67. The Bertz CT molecular complexity index is 1460. The molecule has 4 nitrogen and oxygen atoms in total. The maximum atomic E-state index is 15.0. The van der Waals surface area contributed by atoms with Crippen molar-refractivity contribution in [3.63, 3.8) is 0 Å². The molecule has 0 heterocycles. The Morgan fingerprint density at radius 2 is 1.66 bits per heavy atom. The summed E-state index contributed by atoms with van der Waals surface area (Å²) >= 11 is 0. The molecule has 214 valence electrons. The predicted octanol–water partition coefficient (Wildman–Crippen LogP) is 8.50. The zero-order valence-corrected chi connectivity index (χ0v) is 24.5. The van der Waals surface area contributed by atoms with Crippen LogP contribution in [0.5, 0.6) is 5.75 Å². The van der Waals surface area contributed by atoms with E-state index in [2.05, 4.69) is 31.2 Å². The molecule has 2 aromatic carbocycles. The molecular formula is C37H42O4. The number of aromatic carboxylic acids is 1. The van der Waals surface area contributed by atoms with Crippen molar-refractivity contribution in [2.24, 2.45) is 35.0 Å². The summed E-state index contributed by atoms with van der Waals surface area (Å²) in [5.41, 5.74) is 7.70. The van der Waals surface area contributed by atoms with Gasteiger partial charge in [-0.15, -0.1) is 0 Å². The molecule has 6 aliphatic carbocycles. The van der Waals surface area contributed by atoms with Crippen LogP contribution >= 0.6 is 0 Å². The summed E-state index contributed by atoms with van der Waals surface area (Å²) < 4.78 is 6.05. The number of rotatable bonds is 5. The van der Waals surface area contributed by atoms with Crippen molar-refractivity contribution in [3.8, 4) is 5.75 Å². The molecule has 2 bridgehead atoms. The fourth-order valence-electron chi connectivity index (χ4n) is 10.6. The van der Waals surface area contributed by atoms with Crippen molar-refractivity contribution in [1.82, 2.24) is 0 Å². The molecule has 41 heavy (non-hydrogen) atoms. The second-order valence-corrected chi connectivity index (χ2v) is 14.4. The average molecular weight is 551 g/mol. The van der Waals surface area contributed by atoms with Gasteiger partial charge in [0.2, 0.25) is 0 Å². The van der Waals surface area contributed by atoms with Gasteiger partial charge >= 0.3 is 5.97 Å². The Kier molecular flexibility index (Phi) is 5.86. The van der Waals surface area contributed by atoms with Crippen LogP contribution in [0.15, 0.2) is 36.4 Å². The summed E-state index contributed by atoms with van der Waals surface area (Å²) in [6.07, 6.45) is 12.7. The lowest BCUT2D eigenvalue weighted by Crippen LogP contribution is -2.37. The third-order valence-corrected chi connectivity index (χ3v) is 12.3. The van der Waals surface area contributed by atoms with Gasteiger partial charge in [0.25, 0.3) is 0 Å². The molecule has 1 N–H and O–H groups in total. The first-order valence-electron chi connectivity index (χ1n) is 16.2. The summed E-state index contributed by atoms with van der Waals surface area (Å²) in [7, 11) is 1.77. The number of hydrogen-bond acceptors (Lipinski definition) is 3. The first-order chi connectivity index (χ1) is 19.9. The Labute approximate surface area is 243 Å². The van der Waals surface area contributed by atoms with Crippen LogP contribution in [0.3, 0.4) is 0 Å². The molecule has 4 heteroatoms. The smallest absolute Gasteiger partial charge is 0.335 e. The zero-order valence-electron chi connectivity index (χ0n) is 24.5. The van der Waals surface area contributed by atoms with Gasteiger partial charge in [-0.25, -0.2) is 4.79 Å². The SMILES string of the molecule is COc1cccc2c1C1CC1(C(=O)C1C3CCC1CC(C)C3)CC1C2=C(C2CCCCC2)c2ccc(C(=O)O)cc21. The fourth-order valence-corrected chi connectivity index (χ4v) is 10.6. The number of Topliss-reactive ketones (excluding diaryl/α,β-unsaturated/α-hetero) is 1. The average Bonchev–Trinajstić information content (AvgIpc) is 3.56. The number of ether oxygens (including phenoxy) is 1. The van der Waals surface area contributed by atoms with Gasteiger partial charge in [-0.1, -0.05) is 44.4 Å². The van der Waals surface area contributed by atoms with Crippen LogP contribution in [0.1, 0.15) is 122 Å². The largest absolute Gasteiger partial charge is 0.496 e. The maximum absolute atomic E-state index is 15.0. The van der Waals surface area contributed by atoms with Gasteiger partial charge in [-0.05, 0) is 121 Å². The number of carboxylic acid groups (broad SMARTS) is 1. The molecule has 5 unspecified atom stereocenters. The molecule has 0 saturated heterocycles. The number of methoxy groups -OCH3 is 1. The topological polar surface area (TPSA) is 63.6 Å². The van der Waals surface area contributed by atoms with E-state index in [9.17, 15) is 14.7 Å². The summed E-state index contributed by atoms with van der Waals surface area (Å²) in [6.45, 7) is 2.37. The number of allylic oxidation sites excluding steroid dienone is 2. The number of carbonyl (C=O) groups is 2. The predicted molar refractivity (Wildman–Crippen MR) is 160 cm³/mol. The lowest BCUT2D eigenvalue weighted by atomic mass is 9.67. The molecule has 6 aliphatic rings. The first kappa shape index (κ1) is 25.8. The third-order valence-electron chi connectivity index (χ3n) is 12.3. The van der Waals surface area contributed by atoms with Crippen LogP contribution in [0.25, 0.3) is 11.1 Å². The van der Waals surface area contributed by atoms with Gasteiger partial charge in [0.15, 0.2) is 0 Å². The van der Waals surface area contributed by atoms with Crippen molar-refractivity contribution >= 4 is 22.9 Å². The third kappa shape index (κ3) is 3.71. The highest BCUT2D eigenvalue weighted by atomic mass is 16.5. The lowest BCUT2D eigenvalue weighted by molar-refractivity contribution is -0.132. The van der Waals surface area contributed by atoms with E-state index in [1.807, 2.05) is 6.07 Å². The van der Waals surface area contributed by atoms with E-state index < -0.39 is 5.97 Å². The van der Waals surface area contributed by atoms with Crippen molar-refractivity contribution < 1.29 is 19.4 Å². The van der Waals surface area contributed by atoms with Crippen LogP contribution in [-0.2, 0) is 4.79 Å². The van der Waals surface area contributed by atoms with E-state index in [4.69, 9.17) is 4.74 Å². The van der Waals surface area contributed by atoms with Crippen molar-refractivity contribution in [1.29, 1.82) is 0 Å². The van der Waals surface area contributed by atoms with E-state index in [-0.39, 0.29) is 23.2 Å². The van der Waals surface area contributed by atoms with Crippen molar-refractivity contribution in [3.05, 3.63) is 64.2 Å². The second-order valence-electron chi connectivity index (χ2n) is 14.4. The molecule has 0 spiro atoms. The number of hydrogen-bond donors (Lipinski definition) is 1. The number of fused-ring (bicyclic) bond motifs is 9. The molecular weight excluding hydrogens is 508 g/mol. The molecule has 2 aromatic rings. The summed E-state index contributed by atoms with van der Waals surface area (Å²) in [5.74, 6) is 3.30. The van der Waals surface area contributed by atoms with Gasteiger partial charge < -0.3 is 9.84 Å². The molecule has 8 rings (SSSR count). The number of carbonyl (C=O) groups excluding carboxylic acids is 1. The Morgan fingerprint density at radius 3 is 2.37 bits per heavy atom. The summed E-state index contributed by atoms with van der Waals surface area (Å²) in [4.78, 5) is 27.1. The molecule has 5 atom stereocenters. The molecule has 0 aliphatic heterocycles. The molecule has 4 fully saturated rings. The quantitative estimate of drug-likeness (QED) is 0.405. The Balaban J connectivity index is 1.32. The highest BCUT2D eigenvalue weighted by molar-refractivity contribution is 6.04. The molecule has 4 saturated carbocycles.